The molecule has 1 heterocycles. The summed E-state index contributed by atoms with van der Waals surface area (Å²) in [4.78, 5) is 14.9. The molecule has 1 unspecified atom stereocenters. The lowest BCUT2D eigenvalue weighted by molar-refractivity contribution is 0.0953. The van der Waals surface area contributed by atoms with Crippen LogP contribution in [0, 0.1) is 0 Å². The number of carbonyl (C=O) groups excluding carboxylic acids is 1. The van der Waals surface area contributed by atoms with Crippen LogP contribution in [0.2, 0.25) is 0 Å². The van der Waals surface area contributed by atoms with Crippen molar-refractivity contribution in [1.82, 2.24) is 5.32 Å². The highest BCUT2D eigenvalue weighted by Crippen LogP contribution is 2.43. The van der Waals surface area contributed by atoms with Gasteiger partial charge in [-0.25, -0.2) is 0 Å². The fourth-order valence-corrected chi connectivity index (χ4v) is 4.77. The first-order chi connectivity index (χ1) is 12.7. The number of rotatable bonds is 7. The molecule has 1 atom stereocenters. The Labute approximate surface area is 173 Å². The maximum absolute atomic E-state index is 12.5. The molecule has 1 amide bonds. The van der Waals surface area contributed by atoms with Crippen LogP contribution in [-0.2, 0) is 0 Å². The molecule has 1 aliphatic rings. The van der Waals surface area contributed by atoms with Gasteiger partial charge in [0.05, 0.1) is 6.04 Å². The number of unbranched alkanes of at least 4 members (excludes halogenated alkanes) is 1. The van der Waals surface area contributed by atoms with Gasteiger partial charge in [-0.2, -0.15) is 0 Å². The summed E-state index contributed by atoms with van der Waals surface area (Å²) in [5.74, 6) is 0.0156. The largest absolute Gasteiger partial charge is 0.377 e. The number of halogens is 1. The number of hydrogen-bond donors (Lipinski definition) is 2. The first-order valence-corrected chi connectivity index (χ1v) is 11.6. The Balaban J connectivity index is 1.81. The van der Waals surface area contributed by atoms with E-state index in [1.165, 1.54) is 15.4 Å². The van der Waals surface area contributed by atoms with E-state index in [1.807, 2.05) is 12.1 Å². The summed E-state index contributed by atoms with van der Waals surface area (Å²) in [7, 11) is 0. The minimum atomic E-state index is 0.0156. The second-order valence-corrected chi connectivity index (χ2v) is 8.65. The molecule has 2 N–H and O–H groups in total. The Hall–Kier alpha value is -1.21. The molecule has 5 heteroatoms. The van der Waals surface area contributed by atoms with E-state index in [1.54, 1.807) is 11.8 Å². The van der Waals surface area contributed by atoms with Gasteiger partial charge >= 0.3 is 0 Å². The summed E-state index contributed by atoms with van der Waals surface area (Å²) in [6, 6.07) is 14.9. The van der Waals surface area contributed by atoms with E-state index in [2.05, 4.69) is 70.5 Å². The van der Waals surface area contributed by atoms with Gasteiger partial charge in [-0.15, -0.1) is 0 Å². The monoisotopic (exact) mass is 480 g/mol. The summed E-state index contributed by atoms with van der Waals surface area (Å²) in [6.45, 7) is 2.95. The first kappa shape index (κ1) is 19.5. The van der Waals surface area contributed by atoms with E-state index >= 15 is 0 Å². The molecule has 0 radical (unpaired) electrons. The van der Waals surface area contributed by atoms with Crippen LogP contribution in [0.5, 0.6) is 0 Å². The van der Waals surface area contributed by atoms with Crippen LogP contribution in [0.3, 0.4) is 0 Å². The number of amides is 1. The molecule has 2 aromatic rings. The van der Waals surface area contributed by atoms with E-state index in [0.717, 1.165) is 47.9 Å². The maximum Gasteiger partial charge on any atom is 0.251 e. The van der Waals surface area contributed by atoms with Crippen molar-refractivity contribution in [1.29, 1.82) is 0 Å². The normalized spacial score (nSPS) is 15.4. The Bertz CT molecular complexity index is 765. The molecule has 0 saturated heterocycles. The number of fused-ring (bicyclic) bond motifs is 2. The molecular formula is C21H25IN2OS. The van der Waals surface area contributed by atoms with Gasteiger partial charge in [-0.05, 0) is 53.5 Å². The lowest BCUT2D eigenvalue weighted by atomic mass is 10.0. The Morgan fingerprint density at radius 2 is 2.04 bits per heavy atom. The van der Waals surface area contributed by atoms with Crippen LogP contribution in [0.1, 0.15) is 54.6 Å². The zero-order chi connectivity index (χ0) is 18.4. The molecule has 0 spiro atoms. The zero-order valence-electron chi connectivity index (χ0n) is 15.1. The highest BCUT2D eigenvalue weighted by Gasteiger charge is 2.22. The van der Waals surface area contributed by atoms with E-state index in [4.69, 9.17) is 0 Å². The summed E-state index contributed by atoms with van der Waals surface area (Å²) in [5.41, 5.74) is 3.14. The van der Waals surface area contributed by atoms with Crippen LogP contribution < -0.4 is 10.6 Å². The van der Waals surface area contributed by atoms with Crippen LogP contribution in [0.15, 0.2) is 52.3 Å². The van der Waals surface area contributed by atoms with Crippen molar-refractivity contribution in [3.63, 3.8) is 0 Å². The quantitative estimate of drug-likeness (QED) is 0.288. The van der Waals surface area contributed by atoms with E-state index in [9.17, 15) is 4.79 Å². The number of alkyl halides is 1. The first-order valence-electron chi connectivity index (χ1n) is 9.24. The number of benzene rings is 2. The van der Waals surface area contributed by atoms with Gasteiger partial charge in [0.1, 0.15) is 0 Å². The van der Waals surface area contributed by atoms with Gasteiger partial charge in [0.2, 0.25) is 0 Å². The topological polar surface area (TPSA) is 41.1 Å². The van der Waals surface area contributed by atoms with Crippen molar-refractivity contribution in [2.24, 2.45) is 0 Å². The molecule has 0 fully saturated rings. The predicted octanol–water partition coefficient (Wildman–Crippen LogP) is 6.05. The van der Waals surface area contributed by atoms with Crippen LogP contribution in [-0.4, -0.2) is 16.9 Å². The lowest BCUT2D eigenvalue weighted by Gasteiger charge is -2.19. The Morgan fingerprint density at radius 3 is 2.85 bits per heavy atom. The molecule has 3 rings (SSSR count). The van der Waals surface area contributed by atoms with Gasteiger partial charge in [-0.3, -0.25) is 4.79 Å². The Morgan fingerprint density at radius 1 is 1.19 bits per heavy atom. The third-order valence-corrected chi connectivity index (χ3v) is 6.44. The highest BCUT2D eigenvalue weighted by molar-refractivity contribution is 14.1. The van der Waals surface area contributed by atoms with Crippen molar-refractivity contribution in [3.8, 4) is 0 Å². The Kier molecular flexibility index (Phi) is 7.25. The molecule has 3 nitrogen and oxygen atoms in total. The molecule has 1 aliphatic heterocycles. The molecular weight excluding hydrogens is 455 g/mol. The van der Waals surface area contributed by atoms with E-state index in [0.29, 0.717) is 0 Å². The minimum Gasteiger partial charge on any atom is -0.377 e. The SMILES string of the molecule is CCCC1Nc2cc(C(=O)NCCCCI)ccc2Sc2ccccc21. The molecule has 138 valence electrons. The summed E-state index contributed by atoms with van der Waals surface area (Å²) in [5, 5.41) is 6.72. The zero-order valence-corrected chi connectivity index (χ0v) is 18.0. The number of nitrogens with one attached hydrogen (secondary N) is 2. The van der Waals surface area contributed by atoms with Gasteiger partial charge in [0.25, 0.3) is 5.91 Å². The maximum atomic E-state index is 12.5. The fraction of sp³-hybridized carbons (Fsp3) is 0.381. The smallest absolute Gasteiger partial charge is 0.251 e. The highest BCUT2D eigenvalue weighted by atomic mass is 127. The van der Waals surface area contributed by atoms with Crippen molar-refractivity contribution in [2.75, 3.05) is 16.3 Å². The minimum absolute atomic E-state index is 0.0156. The van der Waals surface area contributed by atoms with Gasteiger partial charge in [-0.1, -0.05) is 65.9 Å². The van der Waals surface area contributed by atoms with Crippen molar-refractivity contribution < 1.29 is 4.79 Å². The molecule has 0 saturated carbocycles. The predicted molar refractivity (Wildman–Crippen MR) is 119 cm³/mol. The van der Waals surface area contributed by atoms with Crippen LogP contribution in [0.4, 0.5) is 5.69 Å². The van der Waals surface area contributed by atoms with Crippen LogP contribution >= 0.6 is 34.4 Å². The standard InChI is InChI=1S/C21H25IN2OS/c1-2-7-17-16-8-3-4-9-19(16)26-20-11-10-15(14-18(20)24-17)21(25)23-13-6-5-12-22/h3-4,8-11,14,17,24H,2,5-7,12-13H2,1H3,(H,23,25). The summed E-state index contributed by atoms with van der Waals surface area (Å²) < 4.78 is 1.13. The molecule has 2 aromatic carbocycles. The second-order valence-electron chi connectivity index (χ2n) is 6.49. The van der Waals surface area contributed by atoms with Gasteiger partial charge in [0, 0.05) is 27.6 Å². The van der Waals surface area contributed by atoms with E-state index in [-0.39, 0.29) is 11.9 Å². The average molecular weight is 480 g/mol. The third kappa shape index (κ3) is 4.74. The van der Waals surface area contributed by atoms with Crippen molar-refractivity contribution >= 4 is 45.9 Å². The molecule has 0 bridgehead atoms. The number of hydrogen-bond acceptors (Lipinski definition) is 3. The average Bonchev–Trinajstić information content (AvgIpc) is 2.81. The molecule has 0 aliphatic carbocycles. The van der Waals surface area contributed by atoms with E-state index < -0.39 is 0 Å². The second kappa shape index (κ2) is 9.65. The number of anilines is 1. The van der Waals surface area contributed by atoms with Gasteiger partial charge < -0.3 is 10.6 Å². The van der Waals surface area contributed by atoms with Crippen molar-refractivity contribution in [2.45, 2.75) is 48.4 Å². The van der Waals surface area contributed by atoms with Crippen LogP contribution in [0.25, 0.3) is 0 Å². The molecule has 0 aromatic heterocycles. The van der Waals surface area contributed by atoms with Gasteiger partial charge in [0.15, 0.2) is 0 Å². The summed E-state index contributed by atoms with van der Waals surface area (Å²) >= 11 is 4.15. The van der Waals surface area contributed by atoms with Crippen molar-refractivity contribution in [3.05, 3.63) is 53.6 Å². The lowest BCUT2D eigenvalue weighted by Crippen LogP contribution is -2.24. The summed E-state index contributed by atoms with van der Waals surface area (Å²) in [6.07, 6.45) is 4.36. The fourth-order valence-electron chi connectivity index (χ4n) is 3.16. The number of carbonyl (C=O) groups is 1. The third-order valence-electron chi connectivity index (χ3n) is 4.51. The molecule has 26 heavy (non-hydrogen) atoms.